The average Bonchev–Trinajstić information content (AvgIpc) is 2.81. The second-order valence-corrected chi connectivity index (χ2v) is 5.17. The van der Waals surface area contributed by atoms with Crippen LogP contribution in [0.25, 0.3) is 17.1 Å². The molecule has 2 heterocycles. The predicted molar refractivity (Wildman–Crippen MR) is 80.1 cm³/mol. The lowest BCUT2D eigenvalue weighted by Crippen LogP contribution is -2.14. The topological polar surface area (TPSA) is 60.9 Å². The van der Waals surface area contributed by atoms with Crippen LogP contribution in [0.5, 0.6) is 0 Å². The van der Waals surface area contributed by atoms with Crippen LogP contribution in [0.4, 0.5) is 0 Å². The summed E-state index contributed by atoms with van der Waals surface area (Å²) in [6, 6.07) is 7.46. The van der Waals surface area contributed by atoms with Crippen molar-refractivity contribution in [1.82, 2.24) is 14.8 Å². The van der Waals surface area contributed by atoms with Crippen molar-refractivity contribution >= 4 is 23.2 Å². The fourth-order valence-electron chi connectivity index (χ4n) is 1.95. The number of rotatable bonds is 2. The van der Waals surface area contributed by atoms with Crippen LogP contribution >= 0.6 is 23.2 Å². The van der Waals surface area contributed by atoms with Gasteiger partial charge < -0.3 is 4.42 Å². The first-order valence-electron chi connectivity index (χ1n) is 6.03. The van der Waals surface area contributed by atoms with Crippen molar-refractivity contribution < 1.29 is 4.42 Å². The van der Waals surface area contributed by atoms with Crippen LogP contribution in [0.2, 0.25) is 10.0 Å². The number of pyridine rings is 1. The number of hydrogen-bond acceptors (Lipinski definition) is 4. The molecule has 0 saturated carbocycles. The molecule has 21 heavy (non-hydrogen) atoms. The Morgan fingerprint density at radius 1 is 1.14 bits per heavy atom. The lowest BCUT2D eigenvalue weighted by atomic mass is 10.1. The molecule has 0 radical (unpaired) electrons. The van der Waals surface area contributed by atoms with Crippen LogP contribution in [0.1, 0.15) is 5.56 Å². The highest BCUT2D eigenvalue weighted by atomic mass is 35.5. The van der Waals surface area contributed by atoms with Gasteiger partial charge in [-0.3, -0.25) is 4.98 Å². The fourth-order valence-corrected chi connectivity index (χ4v) is 2.47. The van der Waals surface area contributed by atoms with Gasteiger partial charge in [0.05, 0.1) is 10.0 Å². The molecule has 2 aromatic heterocycles. The van der Waals surface area contributed by atoms with Crippen LogP contribution in [0, 0.1) is 6.92 Å². The van der Waals surface area contributed by atoms with E-state index in [0.29, 0.717) is 0 Å². The first-order valence-corrected chi connectivity index (χ1v) is 6.79. The molecule has 0 aliphatic heterocycles. The summed E-state index contributed by atoms with van der Waals surface area (Å²) < 4.78 is 6.24. The van der Waals surface area contributed by atoms with Gasteiger partial charge >= 0.3 is 5.76 Å². The number of aryl methyl sites for hydroxylation is 1. The van der Waals surface area contributed by atoms with E-state index in [1.165, 1.54) is 12.4 Å². The summed E-state index contributed by atoms with van der Waals surface area (Å²) >= 11 is 12.1. The third-order valence-corrected chi connectivity index (χ3v) is 3.52. The molecule has 0 unspecified atom stereocenters. The summed E-state index contributed by atoms with van der Waals surface area (Å²) in [6.45, 7) is 1.90. The van der Waals surface area contributed by atoms with Crippen molar-refractivity contribution in [2.24, 2.45) is 0 Å². The number of benzene rings is 1. The molecular weight excluding hydrogens is 313 g/mol. The van der Waals surface area contributed by atoms with E-state index < -0.39 is 5.76 Å². The Morgan fingerprint density at radius 3 is 2.48 bits per heavy atom. The Morgan fingerprint density at radius 2 is 1.81 bits per heavy atom. The molecule has 0 aliphatic carbocycles. The molecule has 3 rings (SSSR count). The predicted octanol–water partition coefficient (Wildman–Crippen LogP) is 3.50. The van der Waals surface area contributed by atoms with Crippen LogP contribution < -0.4 is 5.76 Å². The van der Waals surface area contributed by atoms with E-state index in [4.69, 9.17) is 27.6 Å². The SMILES string of the molecule is Cc1ccccc1-c1nn(-c2c(Cl)cncc2Cl)c(=O)o1. The lowest BCUT2D eigenvalue weighted by Gasteiger charge is -2.03. The van der Waals surface area contributed by atoms with Gasteiger partial charge in [0.2, 0.25) is 5.89 Å². The third-order valence-electron chi connectivity index (χ3n) is 2.96. The van der Waals surface area contributed by atoms with Gasteiger partial charge in [0, 0.05) is 18.0 Å². The zero-order valence-corrected chi connectivity index (χ0v) is 12.4. The molecule has 0 N–H and O–H groups in total. The Labute approximate surface area is 129 Å². The van der Waals surface area contributed by atoms with Gasteiger partial charge in [-0.25, -0.2) is 4.79 Å². The van der Waals surface area contributed by atoms with E-state index in [-0.39, 0.29) is 21.6 Å². The Balaban J connectivity index is 2.20. The summed E-state index contributed by atoms with van der Waals surface area (Å²) in [5.74, 6) is -0.453. The number of hydrogen-bond donors (Lipinski definition) is 0. The molecule has 5 nitrogen and oxygen atoms in total. The van der Waals surface area contributed by atoms with E-state index in [1.807, 2.05) is 31.2 Å². The van der Waals surface area contributed by atoms with Crippen LogP contribution in [0.3, 0.4) is 0 Å². The zero-order valence-electron chi connectivity index (χ0n) is 10.9. The van der Waals surface area contributed by atoms with E-state index in [2.05, 4.69) is 10.1 Å². The van der Waals surface area contributed by atoms with Gasteiger partial charge in [0.25, 0.3) is 0 Å². The number of nitrogens with zero attached hydrogens (tertiary/aromatic N) is 3. The lowest BCUT2D eigenvalue weighted by molar-refractivity contribution is 0.516. The zero-order chi connectivity index (χ0) is 15.0. The second-order valence-electron chi connectivity index (χ2n) is 4.35. The highest BCUT2D eigenvalue weighted by molar-refractivity contribution is 6.37. The molecule has 0 spiro atoms. The molecule has 106 valence electrons. The second kappa shape index (κ2) is 5.35. The van der Waals surface area contributed by atoms with Crippen LogP contribution in [0.15, 0.2) is 45.9 Å². The van der Waals surface area contributed by atoms with Gasteiger partial charge in [-0.05, 0) is 18.6 Å². The van der Waals surface area contributed by atoms with E-state index in [0.717, 1.165) is 15.8 Å². The van der Waals surface area contributed by atoms with Crippen molar-refractivity contribution in [3.63, 3.8) is 0 Å². The van der Waals surface area contributed by atoms with Crippen LogP contribution in [-0.2, 0) is 0 Å². The molecule has 1 aromatic carbocycles. The molecule has 0 saturated heterocycles. The minimum Gasteiger partial charge on any atom is -0.387 e. The molecule has 7 heteroatoms. The molecular formula is C14H9Cl2N3O2. The van der Waals surface area contributed by atoms with Crippen molar-refractivity contribution in [3.8, 4) is 17.1 Å². The molecule has 0 amide bonds. The minimum absolute atomic E-state index is 0.210. The normalized spacial score (nSPS) is 10.8. The van der Waals surface area contributed by atoms with E-state index in [9.17, 15) is 4.79 Å². The summed E-state index contributed by atoms with van der Waals surface area (Å²) in [4.78, 5) is 15.9. The fraction of sp³-hybridized carbons (Fsp3) is 0.0714. The van der Waals surface area contributed by atoms with Gasteiger partial charge in [-0.15, -0.1) is 5.10 Å². The minimum atomic E-state index is -0.664. The third kappa shape index (κ3) is 2.46. The average molecular weight is 322 g/mol. The number of halogens is 2. The Kier molecular flexibility index (Phi) is 3.53. The number of aromatic nitrogens is 3. The summed E-state index contributed by atoms with van der Waals surface area (Å²) in [7, 11) is 0. The van der Waals surface area contributed by atoms with Gasteiger partial charge in [0.1, 0.15) is 5.69 Å². The summed E-state index contributed by atoms with van der Waals surface area (Å²) in [6.07, 6.45) is 2.77. The highest BCUT2D eigenvalue weighted by Crippen LogP contribution is 2.27. The van der Waals surface area contributed by atoms with Gasteiger partial charge in [0.15, 0.2) is 0 Å². The van der Waals surface area contributed by atoms with E-state index >= 15 is 0 Å². The first kappa shape index (κ1) is 13.9. The smallest absolute Gasteiger partial charge is 0.387 e. The highest BCUT2D eigenvalue weighted by Gasteiger charge is 2.17. The van der Waals surface area contributed by atoms with Crippen molar-refractivity contribution in [2.45, 2.75) is 6.92 Å². The monoisotopic (exact) mass is 321 g/mol. The first-order chi connectivity index (χ1) is 10.1. The standard InChI is InChI=1S/C14H9Cl2N3O2/c1-8-4-2-3-5-9(8)13-18-19(14(20)21-13)12-10(15)6-17-7-11(12)16/h2-7H,1H3. The Bertz CT molecular complexity index is 850. The maximum absolute atomic E-state index is 12.0. The molecule has 0 fully saturated rings. The van der Waals surface area contributed by atoms with E-state index in [1.54, 1.807) is 0 Å². The maximum atomic E-state index is 12.0. The molecule has 0 aliphatic rings. The van der Waals surface area contributed by atoms with Crippen molar-refractivity contribution in [3.05, 3.63) is 62.8 Å². The van der Waals surface area contributed by atoms with Crippen LogP contribution in [-0.4, -0.2) is 14.8 Å². The largest absolute Gasteiger partial charge is 0.442 e. The quantitative estimate of drug-likeness (QED) is 0.724. The van der Waals surface area contributed by atoms with Gasteiger partial charge in [-0.1, -0.05) is 41.4 Å². The molecule has 3 aromatic rings. The Hall–Kier alpha value is -2.11. The molecule has 0 atom stereocenters. The van der Waals surface area contributed by atoms with Crippen molar-refractivity contribution in [2.75, 3.05) is 0 Å². The maximum Gasteiger partial charge on any atom is 0.442 e. The summed E-state index contributed by atoms with van der Waals surface area (Å²) in [5.41, 5.74) is 1.93. The molecule has 0 bridgehead atoms. The summed E-state index contributed by atoms with van der Waals surface area (Å²) in [5, 5.41) is 4.61. The van der Waals surface area contributed by atoms with Crippen molar-refractivity contribution in [1.29, 1.82) is 0 Å². The van der Waals surface area contributed by atoms with Gasteiger partial charge in [-0.2, -0.15) is 4.68 Å².